The van der Waals surface area contributed by atoms with Gasteiger partial charge in [0.25, 0.3) is 0 Å². The highest BCUT2D eigenvalue weighted by molar-refractivity contribution is 5.95. The van der Waals surface area contributed by atoms with E-state index in [0.29, 0.717) is 0 Å². The number of fused-ring (bicyclic) bond motifs is 1. The zero-order valence-corrected chi connectivity index (χ0v) is 17.2. The van der Waals surface area contributed by atoms with E-state index in [2.05, 4.69) is 19.8 Å². The summed E-state index contributed by atoms with van der Waals surface area (Å²) in [6, 6.07) is 15.4. The second-order valence-corrected chi connectivity index (χ2v) is 7.19. The molecule has 2 aromatic carbocycles. The van der Waals surface area contributed by atoms with Crippen molar-refractivity contribution in [3.05, 3.63) is 59.9 Å². The molecule has 0 spiro atoms. The fourth-order valence-corrected chi connectivity index (χ4v) is 3.67. The van der Waals surface area contributed by atoms with Crippen LogP contribution in [0.4, 0.5) is 11.5 Å². The molecule has 2 heterocycles. The number of carbonyl (C=O) groups excluding carboxylic acids is 2. The maximum atomic E-state index is 12.2. The summed E-state index contributed by atoms with van der Waals surface area (Å²) in [7, 11) is 0. The molecule has 7 nitrogen and oxygen atoms in total. The van der Waals surface area contributed by atoms with E-state index in [1.165, 1.54) is 0 Å². The minimum absolute atomic E-state index is 0.0689. The van der Waals surface area contributed by atoms with E-state index >= 15 is 0 Å². The number of hydrogen-bond acceptors (Lipinski definition) is 7. The third kappa shape index (κ3) is 3.96. The van der Waals surface area contributed by atoms with Crippen molar-refractivity contribution in [2.24, 2.45) is 0 Å². The summed E-state index contributed by atoms with van der Waals surface area (Å²) in [5.41, 5.74) is 2.54. The number of para-hydroxylation sites is 1. The third-order valence-corrected chi connectivity index (χ3v) is 5.26. The highest BCUT2D eigenvalue weighted by atomic mass is 16.5. The molecule has 1 aromatic heterocycles. The number of anilines is 2. The minimum atomic E-state index is -0.506. The monoisotopic (exact) mass is 404 g/mol. The highest BCUT2D eigenvalue weighted by Crippen LogP contribution is 2.26. The third-order valence-electron chi connectivity index (χ3n) is 5.26. The molecule has 1 aliphatic heterocycles. The Balaban J connectivity index is 1.56. The van der Waals surface area contributed by atoms with E-state index in [9.17, 15) is 9.59 Å². The quantitative estimate of drug-likeness (QED) is 0.477. The summed E-state index contributed by atoms with van der Waals surface area (Å²) in [6.45, 7) is 6.77. The van der Waals surface area contributed by atoms with E-state index in [4.69, 9.17) is 4.74 Å². The molecular formula is C23H24N4O3. The van der Waals surface area contributed by atoms with Gasteiger partial charge in [-0.15, -0.1) is 0 Å². The van der Waals surface area contributed by atoms with Gasteiger partial charge in [-0.05, 0) is 50.2 Å². The van der Waals surface area contributed by atoms with Gasteiger partial charge in [-0.25, -0.2) is 14.8 Å². The first-order valence-corrected chi connectivity index (χ1v) is 10.1. The van der Waals surface area contributed by atoms with Crippen LogP contribution in [0.5, 0.6) is 0 Å². The Kier molecular flexibility index (Phi) is 5.61. The molecule has 0 atom stereocenters. The first-order chi connectivity index (χ1) is 14.6. The Morgan fingerprint density at radius 3 is 2.27 bits per heavy atom. The summed E-state index contributed by atoms with van der Waals surface area (Å²) in [5, 5.41) is 0.921. The van der Waals surface area contributed by atoms with Crippen molar-refractivity contribution in [3.63, 3.8) is 0 Å². The molecule has 0 N–H and O–H groups in total. The molecule has 30 heavy (non-hydrogen) atoms. The lowest BCUT2D eigenvalue weighted by atomic mass is 10.1. The molecule has 0 amide bonds. The second-order valence-electron chi connectivity index (χ2n) is 7.19. The van der Waals surface area contributed by atoms with E-state index in [-0.39, 0.29) is 18.2 Å². The van der Waals surface area contributed by atoms with E-state index in [1.54, 1.807) is 13.8 Å². The lowest BCUT2D eigenvalue weighted by molar-refractivity contribution is 0.0512. The van der Waals surface area contributed by atoms with Crippen molar-refractivity contribution in [1.29, 1.82) is 0 Å². The maximum absolute atomic E-state index is 12.2. The maximum Gasteiger partial charge on any atom is 0.376 e. The largest absolute Gasteiger partial charge is 0.460 e. The van der Waals surface area contributed by atoms with Crippen molar-refractivity contribution in [2.45, 2.75) is 13.8 Å². The van der Waals surface area contributed by atoms with Crippen LogP contribution in [0, 0.1) is 0 Å². The zero-order valence-electron chi connectivity index (χ0n) is 17.2. The van der Waals surface area contributed by atoms with Crippen LogP contribution >= 0.6 is 0 Å². The summed E-state index contributed by atoms with van der Waals surface area (Å²) >= 11 is 0. The van der Waals surface area contributed by atoms with E-state index < -0.39 is 5.97 Å². The molecule has 3 aromatic rings. The van der Waals surface area contributed by atoms with Gasteiger partial charge in [0.1, 0.15) is 5.82 Å². The second kappa shape index (κ2) is 8.49. The Bertz CT molecular complexity index is 1070. The molecule has 7 heteroatoms. The van der Waals surface area contributed by atoms with Crippen LogP contribution in [0.3, 0.4) is 0 Å². The molecule has 1 aliphatic rings. The molecular weight excluding hydrogens is 380 g/mol. The topological polar surface area (TPSA) is 75.6 Å². The Hall–Kier alpha value is -3.48. The van der Waals surface area contributed by atoms with Crippen LogP contribution < -0.4 is 9.80 Å². The first-order valence-electron chi connectivity index (χ1n) is 10.1. The van der Waals surface area contributed by atoms with Gasteiger partial charge in [0.05, 0.1) is 12.1 Å². The van der Waals surface area contributed by atoms with Crippen molar-refractivity contribution >= 4 is 34.2 Å². The Labute approximate surface area is 175 Å². The van der Waals surface area contributed by atoms with Gasteiger partial charge in [0.15, 0.2) is 5.78 Å². The van der Waals surface area contributed by atoms with Crippen LogP contribution in [0.15, 0.2) is 48.5 Å². The molecule has 0 radical (unpaired) electrons. The summed E-state index contributed by atoms with van der Waals surface area (Å²) < 4.78 is 5.11. The number of carbonyl (C=O) groups is 2. The number of nitrogens with zero attached hydrogens (tertiary/aromatic N) is 4. The van der Waals surface area contributed by atoms with Crippen molar-refractivity contribution in [1.82, 2.24) is 9.97 Å². The number of piperazine rings is 1. The first kappa shape index (κ1) is 19.8. The van der Waals surface area contributed by atoms with Crippen molar-refractivity contribution < 1.29 is 14.3 Å². The number of ether oxygens (including phenoxy) is 1. The van der Waals surface area contributed by atoms with E-state index in [0.717, 1.165) is 54.2 Å². The lowest BCUT2D eigenvalue weighted by Crippen LogP contribution is -2.47. The van der Waals surface area contributed by atoms with Gasteiger partial charge < -0.3 is 14.5 Å². The fourth-order valence-electron chi connectivity index (χ4n) is 3.67. The molecule has 154 valence electrons. The summed E-state index contributed by atoms with van der Waals surface area (Å²) in [6.07, 6.45) is 0. The number of rotatable bonds is 5. The summed E-state index contributed by atoms with van der Waals surface area (Å²) in [4.78, 5) is 37.1. The molecule has 1 fully saturated rings. The normalized spacial score (nSPS) is 14.1. The van der Waals surface area contributed by atoms with Crippen LogP contribution in [0.1, 0.15) is 34.8 Å². The van der Waals surface area contributed by atoms with Crippen molar-refractivity contribution in [3.8, 4) is 0 Å². The van der Waals surface area contributed by atoms with Crippen LogP contribution in [0.2, 0.25) is 0 Å². The van der Waals surface area contributed by atoms with Gasteiger partial charge in [-0.1, -0.05) is 12.1 Å². The van der Waals surface area contributed by atoms with E-state index in [1.807, 2.05) is 48.5 Å². The van der Waals surface area contributed by atoms with Gasteiger partial charge in [-0.2, -0.15) is 0 Å². The van der Waals surface area contributed by atoms with Crippen LogP contribution in [0.25, 0.3) is 10.9 Å². The molecule has 1 saturated heterocycles. The predicted octanol–water partition coefficient (Wildman–Crippen LogP) is 3.34. The number of ketones is 1. The van der Waals surface area contributed by atoms with Gasteiger partial charge in [-0.3, -0.25) is 4.79 Å². The number of aromatic nitrogens is 2. The SMILES string of the molecule is CCOC(=O)c1nc(N2CCN(c3ccc(C(C)=O)cc3)CC2)c2ccccc2n1. The molecule has 0 unspecified atom stereocenters. The van der Waals surface area contributed by atoms with Crippen LogP contribution in [-0.4, -0.2) is 54.5 Å². The average Bonchev–Trinajstić information content (AvgIpc) is 2.78. The fraction of sp³-hybridized carbons (Fsp3) is 0.304. The standard InChI is InChI=1S/C23H24N4O3/c1-3-30-23(29)21-24-20-7-5-4-6-19(20)22(25-21)27-14-12-26(13-15-27)18-10-8-17(9-11-18)16(2)28/h4-11H,3,12-15H2,1-2H3. The summed E-state index contributed by atoms with van der Waals surface area (Å²) in [5.74, 6) is 0.413. The number of benzene rings is 2. The zero-order chi connectivity index (χ0) is 21.1. The van der Waals surface area contributed by atoms with Gasteiger partial charge >= 0.3 is 5.97 Å². The average molecular weight is 404 g/mol. The number of Topliss-reactive ketones (excluding diaryl/α,β-unsaturated/α-hetero) is 1. The van der Waals surface area contributed by atoms with Crippen LogP contribution in [-0.2, 0) is 4.74 Å². The smallest absolute Gasteiger partial charge is 0.376 e. The van der Waals surface area contributed by atoms with Crippen molar-refractivity contribution in [2.75, 3.05) is 42.6 Å². The lowest BCUT2D eigenvalue weighted by Gasteiger charge is -2.37. The molecule has 4 rings (SSSR count). The molecule has 0 saturated carbocycles. The number of esters is 1. The highest BCUT2D eigenvalue weighted by Gasteiger charge is 2.23. The van der Waals surface area contributed by atoms with Gasteiger partial charge in [0.2, 0.25) is 5.82 Å². The number of hydrogen-bond donors (Lipinski definition) is 0. The predicted molar refractivity (Wildman–Crippen MR) is 116 cm³/mol. The van der Waals surface area contributed by atoms with Gasteiger partial charge in [0, 0.05) is 42.8 Å². The molecule has 0 bridgehead atoms. The molecule has 0 aliphatic carbocycles. The Morgan fingerprint density at radius 1 is 0.933 bits per heavy atom. The Morgan fingerprint density at radius 2 is 1.60 bits per heavy atom. The minimum Gasteiger partial charge on any atom is -0.460 e.